The summed E-state index contributed by atoms with van der Waals surface area (Å²) in [6.45, 7) is 1.62. The molecule has 0 bridgehead atoms. The number of sulfone groups is 1. The van der Waals surface area contributed by atoms with Crippen molar-refractivity contribution in [2.75, 3.05) is 18.6 Å². The number of rotatable bonds is 4. The number of esters is 1. The van der Waals surface area contributed by atoms with Gasteiger partial charge < -0.3 is 4.74 Å². The molecule has 0 radical (unpaired) electrons. The lowest BCUT2D eigenvalue weighted by molar-refractivity contribution is -0.142. The van der Waals surface area contributed by atoms with Crippen LogP contribution >= 0.6 is 0 Å². The lowest BCUT2D eigenvalue weighted by Gasteiger charge is -2.00. The van der Waals surface area contributed by atoms with Gasteiger partial charge >= 0.3 is 5.97 Å². The first kappa shape index (κ1) is 10.4. The summed E-state index contributed by atoms with van der Waals surface area (Å²) < 4.78 is 25.6. The van der Waals surface area contributed by atoms with Crippen molar-refractivity contribution in [3.63, 3.8) is 0 Å². The van der Waals surface area contributed by atoms with Crippen molar-refractivity contribution in [3.8, 4) is 0 Å². The second-order valence-corrected chi connectivity index (χ2v) is 4.46. The smallest absolute Gasteiger partial charge is 0.305 e. The van der Waals surface area contributed by atoms with Gasteiger partial charge in [0.2, 0.25) is 0 Å². The largest absolute Gasteiger partial charge is 0.465 e. The van der Waals surface area contributed by atoms with E-state index < -0.39 is 9.84 Å². The van der Waals surface area contributed by atoms with Crippen molar-refractivity contribution >= 4 is 15.8 Å². The van der Waals surface area contributed by atoms with Gasteiger partial charge in [-0.3, -0.25) is 4.79 Å². The minimum atomic E-state index is -3.01. The second-order valence-electron chi connectivity index (χ2n) is 2.20. The van der Waals surface area contributed by atoms with Gasteiger partial charge in [0.05, 0.1) is 5.75 Å². The lowest BCUT2D eigenvalue weighted by atomic mass is 10.5. The molecular formula is C6H12O4S. The molecule has 0 aromatic carbocycles. The maximum absolute atomic E-state index is 10.5. The zero-order chi connectivity index (χ0) is 8.91. The van der Waals surface area contributed by atoms with E-state index in [0.717, 1.165) is 6.26 Å². The summed E-state index contributed by atoms with van der Waals surface area (Å²) in [6, 6.07) is 0. The highest BCUT2D eigenvalue weighted by molar-refractivity contribution is 7.90. The van der Waals surface area contributed by atoms with Crippen LogP contribution in [0.1, 0.15) is 13.3 Å². The molecule has 66 valence electrons. The molecule has 0 rings (SSSR count). The van der Waals surface area contributed by atoms with Crippen LogP contribution in [0.5, 0.6) is 0 Å². The van der Waals surface area contributed by atoms with E-state index in [2.05, 4.69) is 4.74 Å². The summed E-state index contributed by atoms with van der Waals surface area (Å²) in [6.07, 6.45) is 1.39. The van der Waals surface area contributed by atoms with E-state index in [1.165, 1.54) is 0 Å². The summed E-state index contributed by atoms with van der Waals surface area (Å²) in [5, 5.41) is 0. The molecule has 5 heteroatoms. The molecule has 11 heavy (non-hydrogen) atoms. The Hall–Kier alpha value is -0.580. The number of ether oxygens (including phenoxy) is 1. The third-order valence-electron chi connectivity index (χ3n) is 1.01. The fourth-order valence-corrected chi connectivity index (χ4v) is 0.795. The van der Waals surface area contributed by atoms with E-state index in [1.54, 1.807) is 6.92 Å². The van der Waals surface area contributed by atoms with Crippen molar-refractivity contribution in [1.82, 2.24) is 0 Å². The summed E-state index contributed by atoms with van der Waals surface area (Å²) in [7, 11) is -3.01. The fourth-order valence-electron chi connectivity index (χ4n) is 0.409. The molecule has 0 saturated heterocycles. The first-order valence-corrected chi connectivity index (χ1v) is 5.35. The average Bonchev–Trinajstić information content (AvgIpc) is 1.85. The highest BCUT2D eigenvalue weighted by Gasteiger charge is 2.03. The van der Waals surface area contributed by atoms with E-state index in [0.29, 0.717) is 0 Å². The number of carbonyl (C=O) groups is 1. The Kier molecular flexibility index (Phi) is 4.10. The molecule has 0 aliphatic heterocycles. The maximum Gasteiger partial charge on any atom is 0.305 e. The van der Waals surface area contributed by atoms with Crippen LogP contribution in [0.15, 0.2) is 0 Å². The Morgan fingerprint density at radius 3 is 2.36 bits per heavy atom. The summed E-state index contributed by atoms with van der Waals surface area (Å²) in [5.41, 5.74) is 0. The van der Waals surface area contributed by atoms with Crippen LogP contribution in [0.4, 0.5) is 0 Å². The zero-order valence-electron chi connectivity index (χ0n) is 6.66. The van der Waals surface area contributed by atoms with Crippen molar-refractivity contribution in [2.24, 2.45) is 0 Å². The van der Waals surface area contributed by atoms with Crippen molar-refractivity contribution in [3.05, 3.63) is 0 Å². The quantitative estimate of drug-likeness (QED) is 0.571. The summed E-state index contributed by atoms with van der Waals surface area (Å²) in [4.78, 5) is 10.5. The molecule has 0 unspecified atom stereocenters. The van der Waals surface area contributed by atoms with Crippen molar-refractivity contribution in [2.45, 2.75) is 13.3 Å². The molecule has 0 fully saturated rings. The van der Waals surface area contributed by atoms with Crippen molar-refractivity contribution < 1.29 is 17.9 Å². The molecule has 0 aromatic heterocycles. The topological polar surface area (TPSA) is 60.4 Å². The summed E-state index contributed by atoms with van der Waals surface area (Å²) in [5.74, 6) is -0.465. The highest BCUT2D eigenvalue weighted by Crippen LogP contribution is 1.87. The molecule has 0 spiro atoms. The third-order valence-corrected chi connectivity index (χ3v) is 1.91. The minimum absolute atomic E-state index is 0.0362. The van der Waals surface area contributed by atoms with Gasteiger partial charge in [0.25, 0.3) is 0 Å². The van der Waals surface area contributed by atoms with E-state index in [-0.39, 0.29) is 24.7 Å². The van der Waals surface area contributed by atoms with Crippen LogP contribution in [0.3, 0.4) is 0 Å². The molecule has 0 amide bonds. The zero-order valence-corrected chi connectivity index (χ0v) is 7.48. The van der Waals surface area contributed by atoms with Gasteiger partial charge in [-0.1, -0.05) is 6.92 Å². The molecular weight excluding hydrogens is 168 g/mol. The normalized spacial score (nSPS) is 11.1. The molecule has 0 aliphatic rings. The van der Waals surface area contributed by atoms with E-state index in [9.17, 15) is 13.2 Å². The third kappa shape index (κ3) is 7.32. The Morgan fingerprint density at radius 1 is 1.45 bits per heavy atom. The van der Waals surface area contributed by atoms with Crippen molar-refractivity contribution in [1.29, 1.82) is 0 Å². The number of hydrogen-bond acceptors (Lipinski definition) is 4. The van der Waals surface area contributed by atoms with Crippen LogP contribution in [-0.4, -0.2) is 33.0 Å². The SMILES string of the molecule is CCC(=O)OCCS(C)(=O)=O. The van der Waals surface area contributed by atoms with Crippen LogP contribution in [0, 0.1) is 0 Å². The van der Waals surface area contributed by atoms with Crippen LogP contribution < -0.4 is 0 Å². The average molecular weight is 180 g/mol. The highest BCUT2D eigenvalue weighted by atomic mass is 32.2. The Balaban J connectivity index is 3.51. The van der Waals surface area contributed by atoms with Gasteiger partial charge in [-0.2, -0.15) is 0 Å². The van der Waals surface area contributed by atoms with Gasteiger partial charge in [-0.15, -0.1) is 0 Å². The van der Waals surface area contributed by atoms with E-state index >= 15 is 0 Å². The van der Waals surface area contributed by atoms with Gasteiger partial charge in [0.15, 0.2) is 9.84 Å². The molecule has 4 nitrogen and oxygen atoms in total. The Labute approximate surface area is 66.5 Å². The predicted molar refractivity (Wildman–Crippen MR) is 41.0 cm³/mol. The Morgan fingerprint density at radius 2 is 2.00 bits per heavy atom. The molecule has 0 aliphatic carbocycles. The number of hydrogen-bond donors (Lipinski definition) is 0. The monoisotopic (exact) mass is 180 g/mol. The Bertz CT molecular complexity index is 217. The van der Waals surface area contributed by atoms with Gasteiger partial charge in [-0.25, -0.2) is 8.42 Å². The van der Waals surface area contributed by atoms with E-state index in [1.807, 2.05) is 0 Å². The first-order chi connectivity index (χ1) is 4.95. The maximum atomic E-state index is 10.5. The van der Waals surface area contributed by atoms with Gasteiger partial charge in [-0.05, 0) is 0 Å². The second kappa shape index (κ2) is 4.33. The molecule has 0 saturated carbocycles. The lowest BCUT2D eigenvalue weighted by Crippen LogP contribution is -2.13. The summed E-state index contributed by atoms with van der Waals surface area (Å²) >= 11 is 0. The molecule has 0 aromatic rings. The predicted octanol–water partition coefficient (Wildman–Crippen LogP) is -0.0158. The van der Waals surface area contributed by atoms with Crippen LogP contribution in [0.25, 0.3) is 0 Å². The first-order valence-electron chi connectivity index (χ1n) is 3.29. The molecule has 0 N–H and O–H groups in total. The standard InChI is InChI=1S/C6H12O4S/c1-3-6(7)10-4-5-11(2,8)9/h3-5H2,1-2H3. The molecule has 0 atom stereocenters. The van der Waals surface area contributed by atoms with Gasteiger partial charge in [0.1, 0.15) is 6.61 Å². The molecule has 0 heterocycles. The number of carbonyl (C=O) groups excluding carboxylic acids is 1. The minimum Gasteiger partial charge on any atom is -0.465 e. The van der Waals surface area contributed by atoms with Crippen LogP contribution in [0.2, 0.25) is 0 Å². The van der Waals surface area contributed by atoms with E-state index in [4.69, 9.17) is 0 Å². The van der Waals surface area contributed by atoms with Gasteiger partial charge in [0, 0.05) is 12.7 Å². The van der Waals surface area contributed by atoms with Crippen LogP contribution in [-0.2, 0) is 19.4 Å². The fraction of sp³-hybridized carbons (Fsp3) is 0.833.